The summed E-state index contributed by atoms with van der Waals surface area (Å²) in [5.41, 5.74) is 5.66. The average Bonchev–Trinajstić information content (AvgIpc) is 3.32. The van der Waals surface area contributed by atoms with Gasteiger partial charge in [0, 0.05) is 71.4 Å². The molecule has 6 rings (SSSR count). The van der Waals surface area contributed by atoms with Crippen LogP contribution < -0.4 is 5.32 Å². The van der Waals surface area contributed by atoms with Gasteiger partial charge in [0.1, 0.15) is 0 Å². The van der Waals surface area contributed by atoms with Crippen molar-refractivity contribution in [3.63, 3.8) is 0 Å². The Labute approximate surface area is 203 Å². The van der Waals surface area contributed by atoms with Gasteiger partial charge in [-0.25, -0.2) is 9.67 Å². The van der Waals surface area contributed by atoms with Crippen LogP contribution in [0.2, 0.25) is 0 Å². The molecule has 1 saturated carbocycles. The minimum Gasteiger partial charge on any atom is -0.350 e. The first kappa shape index (κ1) is 21.9. The number of aromatic nitrogens is 5. The number of carbonyl (C=O) groups is 1. The summed E-state index contributed by atoms with van der Waals surface area (Å²) in [7, 11) is 1.98. The zero-order valence-corrected chi connectivity index (χ0v) is 20.3. The van der Waals surface area contributed by atoms with Crippen LogP contribution >= 0.6 is 0 Å². The molecule has 3 aromatic heterocycles. The van der Waals surface area contributed by atoms with Crippen LogP contribution in [0.25, 0.3) is 16.7 Å². The van der Waals surface area contributed by atoms with Crippen LogP contribution in [0.15, 0.2) is 36.8 Å². The number of hydroxylamine groups is 2. The van der Waals surface area contributed by atoms with Crippen molar-refractivity contribution in [1.29, 1.82) is 0 Å². The second-order valence-electron chi connectivity index (χ2n) is 9.58. The van der Waals surface area contributed by atoms with Gasteiger partial charge >= 0.3 is 0 Å². The van der Waals surface area contributed by atoms with Gasteiger partial charge in [0.25, 0.3) is 0 Å². The molecule has 9 heteroatoms. The molecule has 1 saturated heterocycles. The zero-order valence-electron chi connectivity index (χ0n) is 20.3. The van der Waals surface area contributed by atoms with Crippen molar-refractivity contribution in [1.82, 2.24) is 29.4 Å². The Morgan fingerprint density at radius 1 is 1.23 bits per heavy atom. The Bertz CT molecular complexity index is 1430. The minimum absolute atomic E-state index is 0.180. The number of nitrogens with one attached hydrogen (secondary N) is 1. The third-order valence-corrected chi connectivity index (χ3v) is 6.79. The number of hydrogen-bond acceptors (Lipinski definition) is 7. The summed E-state index contributed by atoms with van der Waals surface area (Å²) in [6, 6.07) is 6.03. The van der Waals surface area contributed by atoms with E-state index in [1.54, 1.807) is 6.20 Å². The third kappa shape index (κ3) is 4.21. The molecule has 1 aliphatic heterocycles. The SMILES string of the molecule is Cc1cnc(Nc2ccc3c(c2)c(C(=O)C2CC2)cn3C)nc1-n1cc(CN2CCCO2)c(C)n1. The smallest absolute Gasteiger partial charge is 0.229 e. The molecule has 180 valence electrons. The largest absolute Gasteiger partial charge is 0.350 e. The molecule has 4 aromatic rings. The van der Waals surface area contributed by atoms with Gasteiger partial charge in [0.2, 0.25) is 5.95 Å². The molecule has 1 aromatic carbocycles. The molecule has 1 N–H and O–H groups in total. The first-order valence-electron chi connectivity index (χ1n) is 12.1. The van der Waals surface area contributed by atoms with Crippen molar-refractivity contribution >= 4 is 28.3 Å². The van der Waals surface area contributed by atoms with E-state index in [1.807, 2.05) is 65.8 Å². The number of rotatable bonds is 7. The van der Waals surface area contributed by atoms with Gasteiger partial charge in [-0.05, 0) is 51.3 Å². The average molecular weight is 472 g/mol. The van der Waals surface area contributed by atoms with Crippen molar-refractivity contribution in [2.75, 3.05) is 18.5 Å². The molecule has 1 aliphatic carbocycles. The van der Waals surface area contributed by atoms with E-state index in [4.69, 9.17) is 14.9 Å². The lowest BCUT2D eigenvalue weighted by Gasteiger charge is -2.12. The van der Waals surface area contributed by atoms with Gasteiger partial charge in [-0.2, -0.15) is 15.1 Å². The Balaban J connectivity index is 1.28. The molecule has 35 heavy (non-hydrogen) atoms. The van der Waals surface area contributed by atoms with Crippen LogP contribution in [0.4, 0.5) is 11.6 Å². The number of hydrogen-bond donors (Lipinski definition) is 1. The molecule has 0 atom stereocenters. The first-order chi connectivity index (χ1) is 17.0. The van der Waals surface area contributed by atoms with Crippen LogP contribution in [0.5, 0.6) is 0 Å². The summed E-state index contributed by atoms with van der Waals surface area (Å²) in [6.45, 7) is 6.40. The van der Waals surface area contributed by atoms with Crippen LogP contribution in [-0.2, 0) is 18.4 Å². The lowest BCUT2D eigenvalue weighted by Crippen LogP contribution is -2.17. The van der Waals surface area contributed by atoms with Crippen molar-refractivity contribution < 1.29 is 9.63 Å². The normalized spacial score (nSPS) is 16.3. The van der Waals surface area contributed by atoms with E-state index < -0.39 is 0 Å². The number of ketones is 1. The van der Waals surface area contributed by atoms with E-state index in [0.717, 1.165) is 77.2 Å². The Kier molecular flexibility index (Phi) is 5.38. The highest BCUT2D eigenvalue weighted by Crippen LogP contribution is 2.36. The van der Waals surface area contributed by atoms with Crippen molar-refractivity contribution in [2.45, 2.75) is 39.7 Å². The molecule has 0 radical (unpaired) electrons. The number of anilines is 2. The van der Waals surface area contributed by atoms with Crippen molar-refractivity contribution in [3.05, 3.63) is 59.2 Å². The van der Waals surface area contributed by atoms with E-state index in [1.165, 1.54) is 0 Å². The molecule has 0 amide bonds. The van der Waals surface area contributed by atoms with Crippen LogP contribution in [0.1, 0.15) is 46.4 Å². The Morgan fingerprint density at radius 2 is 2.09 bits per heavy atom. The summed E-state index contributed by atoms with van der Waals surface area (Å²) >= 11 is 0. The summed E-state index contributed by atoms with van der Waals surface area (Å²) in [4.78, 5) is 27.7. The van der Waals surface area contributed by atoms with Crippen molar-refractivity contribution in [3.8, 4) is 5.82 Å². The zero-order chi connectivity index (χ0) is 24.1. The first-order valence-corrected chi connectivity index (χ1v) is 12.1. The predicted octanol–water partition coefficient (Wildman–Crippen LogP) is 4.24. The fourth-order valence-corrected chi connectivity index (χ4v) is 4.66. The predicted molar refractivity (Wildman–Crippen MR) is 133 cm³/mol. The van der Waals surface area contributed by atoms with Crippen LogP contribution in [-0.4, -0.2) is 48.3 Å². The van der Waals surface area contributed by atoms with Gasteiger partial charge in [-0.1, -0.05) is 0 Å². The Morgan fingerprint density at radius 3 is 2.86 bits per heavy atom. The number of carbonyl (C=O) groups excluding carboxylic acids is 1. The molecule has 0 bridgehead atoms. The third-order valence-electron chi connectivity index (χ3n) is 6.79. The molecule has 2 aliphatic rings. The molecule has 2 fully saturated rings. The highest BCUT2D eigenvalue weighted by atomic mass is 16.7. The lowest BCUT2D eigenvalue weighted by atomic mass is 10.1. The number of nitrogens with zero attached hydrogens (tertiary/aromatic N) is 6. The summed E-state index contributed by atoms with van der Waals surface area (Å²) in [6.07, 6.45) is 8.80. The van der Waals surface area contributed by atoms with E-state index in [9.17, 15) is 4.79 Å². The van der Waals surface area contributed by atoms with Crippen molar-refractivity contribution in [2.24, 2.45) is 13.0 Å². The maximum atomic E-state index is 12.8. The number of benzene rings is 1. The monoisotopic (exact) mass is 471 g/mol. The van der Waals surface area contributed by atoms with E-state index in [2.05, 4.69) is 10.3 Å². The Hall–Kier alpha value is -3.56. The standard InChI is InChI=1S/C26H29N7O2/c1-16-12-27-26(29-25(16)33-14-19(17(2)30-33)13-32-9-4-10-35-32)28-20-7-8-23-21(11-20)22(15-31(23)3)24(34)18-5-6-18/h7-8,11-12,14-15,18H,4-6,9-10,13H2,1-3H3,(H,27,28,29). The van der Waals surface area contributed by atoms with Crippen LogP contribution in [0.3, 0.4) is 0 Å². The molecule has 4 heterocycles. The van der Waals surface area contributed by atoms with Gasteiger partial charge in [0.05, 0.1) is 18.8 Å². The summed E-state index contributed by atoms with van der Waals surface area (Å²) < 4.78 is 3.83. The lowest BCUT2D eigenvalue weighted by molar-refractivity contribution is -0.117. The fourth-order valence-electron chi connectivity index (χ4n) is 4.66. The molecule has 0 unspecified atom stereocenters. The molecular weight excluding hydrogens is 442 g/mol. The topological polar surface area (TPSA) is 90.1 Å². The molecular formula is C26H29N7O2. The highest BCUT2D eigenvalue weighted by Gasteiger charge is 2.32. The number of aryl methyl sites for hydroxylation is 3. The van der Waals surface area contributed by atoms with E-state index in [0.29, 0.717) is 12.5 Å². The molecule has 0 spiro atoms. The number of fused-ring (bicyclic) bond motifs is 1. The maximum absolute atomic E-state index is 12.8. The number of Topliss-reactive ketones (excluding diaryl/α,β-unsaturated/α-hetero) is 1. The van der Waals surface area contributed by atoms with E-state index >= 15 is 0 Å². The minimum atomic E-state index is 0.180. The summed E-state index contributed by atoms with van der Waals surface area (Å²) in [5.74, 6) is 1.63. The van der Waals surface area contributed by atoms with Gasteiger partial charge in [0.15, 0.2) is 11.6 Å². The van der Waals surface area contributed by atoms with Crippen LogP contribution in [0, 0.1) is 19.8 Å². The summed E-state index contributed by atoms with van der Waals surface area (Å²) in [5, 5.41) is 11.0. The highest BCUT2D eigenvalue weighted by molar-refractivity contribution is 6.10. The molecule has 9 nitrogen and oxygen atoms in total. The fraction of sp³-hybridized carbons (Fsp3) is 0.385. The second kappa shape index (κ2) is 8.58. The van der Waals surface area contributed by atoms with Gasteiger partial charge < -0.3 is 9.88 Å². The second-order valence-corrected chi connectivity index (χ2v) is 9.58. The maximum Gasteiger partial charge on any atom is 0.229 e. The van der Waals surface area contributed by atoms with Gasteiger partial charge in [-0.3, -0.25) is 9.63 Å². The van der Waals surface area contributed by atoms with Gasteiger partial charge in [-0.15, -0.1) is 0 Å². The van der Waals surface area contributed by atoms with E-state index in [-0.39, 0.29) is 11.7 Å². The quantitative estimate of drug-likeness (QED) is 0.403.